The molecular formula is C6H14N2. The van der Waals surface area contributed by atoms with Crippen LogP contribution in [-0.2, 0) is 0 Å². The van der Waals surface area contributed by atoms with Crippen molar-refractivity contribution in [1.82, 2.24) is 0 Å². The van der Waals surface area contributed by atoms with Crippen LogP contribution >= 0.6 is 0 Å². The van der Waals surface area contributed by atoms with E-state index in [1.807, 2.05) is 6.92 Å². The highest BCUT2D eigenvalue weighted by Crippen LogP contribution is 1.99. The molecule has 2 heteroatoms. The number of nitrogens with two attached hydrogens (primary N) is 2. The van der Waals surface area contributed by atoms with Gasteiger partial charge in [0.2, 0.25) is 0 Å². The molecule has 0 aromatic rings. The molecule has 0 aliphatic rings. The Balaban J connectivity index is 3.83. The van der Waals surface area contributed by atoms with E-state index in [4.69, 9.17) is 11.5 Å². The molecule has 0 aromatic heterocycles. The monoisotopic (exact) mass is 114 g/mol. The number of rotatable bonds is 2. The van der Waals surface area contributed by atoms with E-state index in [1.54, 1.807) is 0 Å². The van der Waals surface area contributed by atoms with Gasteiger partial charge in [0.15, 0.2) is 0 Å². The van der Waals surface area contributed by atoms with Crippen molar-refractivity contribution in [1.29, 1.82) is 0 Å². The molecule has 0 atom stereocenters. The first-order valence-electron chi connectivity index (χ1n) is 2.86. The molecule has 0 aliphatic heterocycles. The van der Waals surface area contributed by atoms with E-state index in [0.717, 1.165) is 12.1 Å². The lowest BCUT2D eigenvalue weighted by Gasteiger charge is -1.99. The Morgan fingerprint density at radius 2 is 2.00 bits per heavy atom. The molecule has 0 heterocycles. The Morgan fingerprint density at radius 3 is 2.12 bits per heavy atom. The van der Waals surface area contributed by atoms with E-state index >= 15 is 0 Å². The molecule has 0 bridgehead atoms. The summed E-state index contributed by atoms with van der Waals surface area (Å²) in [4.78, 5) is 0. The molecule has 0 aromatic carbocycles. The van der Waals surface area contributed by atoms with Crippen molar-refractivity contribution in [3.05, 3.63) is 11.3 Å². The predicted molar refractivity (Wildman–Crippen MR) is 36.2 cm³/mol. The van der Waals surface area contributed by atoms with Crippen molar-refractivity contribution in [2.24, 2.45) is 11.5 Å². The van der Waals surface area contributed by atoms with Crippen molar-refractivity contribution in [3.63, 3.8) is 0 Å². The molecule has 0 amide bonds. The van der Waals surface area contributed by atoms with Crippen LogP contribution in [0.1, 0.15) is 20.3 Å². The van der Waals surface area contributed by atoms with Crippen molar-refractivity contribution in [2.45, 2.75) is 20.3 Å². The molecular weight excluding hydrogens is 100 g/mol. The van der Waals surface area contributed by atoms with Gasteiger partial charge < -0.3 is 11.5 Å². The zero-order valence-corrected chi connectivity index (χ0v) is 5.57. The first-order valence-corrected chi connectivity index (χ1v) is 2.86. The van der Waals surface area contributed by atoms with Gasteiger partial charge >= 0.3 is 0 Å². The van der Waals surface area contributed by atoms with Gasteiger partial charge in [0.25, 0.3) is 0 Å². The lowest BCUT2D eigenvalue weighted by molar-refractivity contribution is 0.989. The summed E-state index contributed by atoms with van der Waals surface area (Å²) in [6.45, 7) is 4.56. The average molecular weight is 114 g/mol. The summed E-state index contributed by atoms with van der Waals surface area (Å²) in [5.41, 5.74) is 12.8. The van der Waals surface area contributed by atoms with Crippen LogP contribution in [0.2, 0.25) is 0 Å². The minimum absolute atomic E-state index is 0.486. The lowest BCUT2D eigenvalue weighted by Crippen LogP contribution is -2.12. The van der Waals surface area contributed by atoms with Crippen LogP contribution in [-0.4, -0.2) is 6.54 Å². The van der Waals surface area contributed by atoms with Gasteiger partial charge in [0.1, 0.15) is 0 Å². The highest BCUT2D eigenvalue weighted by molar-refractivity contribution is 5.08. The summed E-state index contributed by atoms with van der Waals surface area (Å²) in [6.07, 6.45) is 1.00. The third-order valence-corrected chi connectivity index (χ3v) is 1.30. The van der Waals surface area contributed by atoms with E-state index in [1.165, 1.54) is 5.57 Å². The van der Waals surface area contributed by atoms with Crippen LogP contribution in [0.5, 0.6) is 0 Å². The highest BCUT2D eigenvalue weighted by atomic mass is 14.7. The minimum Gasteiger partial charge on any atom is -0.401 e. The summed E-state index contributed by atoms with van der Waals surface area (Å²) in [5, 5.41) is 0. The van der Waals surface area contributed by atoms with E-state index in [2.05, 4.69) is 6.92 Å². The normalized spacial score (nSPS) is 13.4. The minimum atomic E-state index is 0.486. The van der Waals surface area contributed by atoms with E-state index in [0.29, 0.717) is 6.54 Å². The van der Waals surface area contributed by atoms with E-state index in [-0.39, 0.29) is 0 Å². The summed E-state index contributed by atoms with van der Waals surface area (Å²) in [6, 6.07) is 0. The summed E-state index contributed by atoms with van der Waals surface area (Å²) >= 11 is 0. The summed E-state index contributed by atoms with van der Waals surface area (Å²) < 4.78 is 0. The predicted octanol–water partition coefficient (Wildman–Crippen LogP) is 0.588. The number of hydrogen-bond acceptors (Lipinski definition) is 2. The maximum atomic E-state index is 5.48. The van der Waals surface area contributed by atoms with Crippen LogP contribution in [0, 0.1) is 0 Å². The largest absolute Gasteiger partial charge is 0.401 e. The zero-order valence-electron chi connectivity index (χ0n) is 5.57. The second-order valence-electron chi connectivity index (χ2n) is 1.86. The van der Waals surface area contributed by atoms with Gasteiger partial charge in [-0.25, -0.2) is 0 Å². The molecule has 0 aliphatic carbocycles. The van der Waals surface area contributed by atoms with Crippen molar-refractivity contribution in [2.75, 3.05) is 6.54 Å². The van der Waals surface area contributed by atoms with Gasteiger partial charge in [-0.3, -0.25) is 0 Å². The molecule has 0 saturated carbocycles. The van der Waals surface area contributed by atoms with Crippen LogP contribution < -0.4 is 11.5 Å². The van der Waals surface area contributed by atoms with Crippen LogP contribution in [0.3, 0.4) is 0 Å². The van der Waals surface area contributed by atoms with E-state index < -0.39 is 0 Å². The van der Waals surface area contributed by atoms with Crippen LogP contribution in [0.25, 0.3) is 0 Å². The van der Waals surface area contributed by atoms with Crippen molar-refractivity contribution >= 4 is 0 Å². The molecule has 0 rings (SSSR count). The van der Waals surface area contributed by atoms with Gasteiger partial charge in [-0.1, -0.05) is 12.5 Å². The van der Waals surface area contributed by atoms with Gasteiger partial charge in [-0.2, -0.15) is 0 Å². The quantitative estimate of drug-likeness (QED) is 0.552. The summed E-state index contributed by atoms with van der Waals surface area (Å²) in [7, 11) is 0. The second-order valence-corrected chi connectivity index (χ2v) is 1.86. The maximum Gasteiger partial charge on any atom is 0.0326 e. The van der Waals surface area contributed by atoms with Gasteiger partial charge in [-0.15, -0.1) is 0 Å². The topological polar surface area (TPSA) is 52.0 Å². The Morgan fingerprint density at radius 1 is 1.50 bits per heavy atom. The zero-order chi connectivity index (χ0) is 6.57. The SMILES string of the molecule is CC/C(C)=C(/N)CN. The number of allylic oxidation sites excluding steroid dienone is 1. The first-order chi connectivity index (χ1) is 3.72. The van der Waals surface area contributed by atoms with E-state index in [9.17, 15) is 0 Å². The fraction of sp³-hybridized carbons (Fsp3) is 0.667. The standard InChI is InChI=1S/C6H14N2/c1-3-5(2)6(8)4-7/h3-4,7-8H2,1-2H3/b6-5+. The molecule has 2 nitrogen and oxygen atoms in total. The first kappa shape index (κ1) is 7.50. The number of hydrogen-bond donors (Lipinski definition) is 2. The van der Waals surface area contributed by atoms with Crippen molar-refractivity contribution < 1.29 is 0 Å². The Hall–Kier alpha value is -0.500. The Kier molecular flexibility index (Phi) is 3.28. The smallest absolute Gasteiger partial charge is 0.0326 e. The summed E-state index contributed by atoms with van der Waals surface area (Å²) in [5.74, 6) is 0. The third kappa shape index (κ3) is 1.98. The average Bonchev–Trinajstić information content (AvgIpc) is 1.84. The second kappa shape index (κ2) is 3.50. The van der Waals surface area contributed by atoms with Crippen molar-refractivity contribution in [3.8, 4) is 0 Å². The van der Waals surface area contributed by atoms with Crippen LogP contribution in [0.4, 0.5) is 0 Å². The highest BCUT2D eigenvalue weighted by Gasteiger charge is 1.89. The van der Waals surface area contributed by atoms with Gasteiger partial charge in [0, 0.05) is 12.2 Å². The lowest BCUT2D eigenvalue weighted by atomic mass is 10.2. The third-order valence-electron chi connectivity index (χ3n) is 1.30. The molecule has 0 unspecified atom stereocenters. The molecule has 48 valence electrons. The van der Waals surface area contributed by atoms with Gasteiger partial charge in [0.05, 0.1) is 0 Å². The Labute approximate surface area is 50.6 Å². The molecule has 0 spiro atoms. The Bertz CT molecular complexity index is 82.7. The molecule has 4 N–H and O–H groups in total. The fourth-order valence-electron chi connectivity index (χ4n) is 0.401. The fourth-order valence-corrected chi connectivity index (χ4v) is 0.401. The molecule has 0 saturated heterocycles. The van der Waals surface area contributed by atoms with Gasteiger partial charge in [-0.05, 0) is 13.3 Å². The maximum absolute atomic E-state index is 5.48. The molecule has 8 heavy (non-hydrogen) atoms. The van der Waals surface area contributed by atoms with Crippen LogP contribution in [0.15, 0.2) is 11.3 Å². The molecule has 0 radical (unpaired) electrons. The molecule has 0 fully saturated rings.